The maximum absolute atomic E-state index is 12.8. The molecule has 1 unspecified atom stereocenters. The van der Waals surface area contributed by atoms with Gasteiger partial charge in [-0.15, -0.1) is 0 Å². The lowest BCUT2D eigenvalue weighted by molar-refractivity contribution is -0.122. The van der Waals surface area contributed by atoms with Gasteiger partial charge in [-0.1, -0.05) is 30.3 Å². The lowest BCUT2D eigenvalue weighted by Gasteiger charge is -2.13. The van der Waals surface area contributed by atoms with Gasteiger partial charge >= 0.3 is 0 Å². The van der Waals surface area contributed by atoms with Gasteiger partial charge in [0, 0.05) is 42.2 Å². The molecule has 158 valence electrons. The molecule has 31 heavy (non-hydrogen) atoms. The second-order valence-electron chi connectivity index (χ2n) is 6.59. The standard InChI is InChI=1S/C22H19N3O3.CH2O2/c1-23-22(27)18-12-15(21(26)25-16-7-9-24-10-8-16)11-17-19(13-28-20(17)18)14-5-3-2-4-6-14;2-1-3/h2-12,19H,13H2,1H3,(H,23,27)(H,24,25,26);1H,(H,2,3). The number of ether oxygens (including phenoxy) is 1. The third-order valence-electron chi connectivity index (χ3n) is 4.76. The number of hydrogen-bond donors (Lipinski definition) is 3. The summed E-state index contributed by atoms with van der Waals surface area (Å²) >= 11 is 0. The topological polar surface area (TPSA) is 118 Å². The van der Waals surface area contributed by atoms with Gasteiger partial charge in [0.15, 0.2) is 0 Å². The molecule has 0 aliphatic carbocycles. The van der Waals surface area contributed by atoms with Crippen molar-refractivity contribution in [2.75, 3.05) is 19.0 Å². The van der Waals surface area contributed by atoms with E-state index >= 15 is 0 Å². The molecule has 1 aromatic heterocycles. The quantitative estimate of drug-likeness (QED) is 0.560. The van der Waals surface area contributed by atoms with Crippen LogP contribution in [0.25, 0.3) is 0 Å². The number of hydrogen-bond acceptors (Lipinski definition) is 5. The summed E-state index contributed by atoms with van der Waals surface area (Å²) in [6.45, 7) is 0.179. The molecule has 0 spiro atoms. The Kier molecular flexibility index (Phi) is 6.95. The minimum atomic E-state index is -0.294. The molecule has 0 fully saturated rings. The summed E-state index contributed by atoms with van der Waals surface area (Å²) < 4.78 is 5.87. The fraction of sp³-hybridized carbons (Fsp3) is 0.130. The van der Waals surface area contributed by atoms with Crippen LogP contribution in [-0.2, 0) is 4.79 Å². The predicted octanol–water partition coefficient (Wildman–Crippen LogP) is 2.92. The number of rotatable bonds is 4. The van der Waals surface area contributed by atoms with Crippen molar-refractivity contribution in [1.29, 1.82) is 0 Å². The maximum Gasteiger partial charge on any atom is 0.290 e. The van der Waals surface area contributed by atoms with Crippen LogP contribution in [0.15, 0.2) is 67.0 Å². The molecule has 2 amide bonds. The van der Waals surface area contributed by atoms with Gasteiger partial charge in [-0.05, 0) is 29.8 Å². The first-order valence-corrected chi connectivity index (χ1v) is 9.46. The summed E-state index contributed by atoms with van der Waals surface area (Å²) in [5.74, 6) is -0.0802. The Bertz CT molecular complexity index is 1070. The highest BCUT2D eigenvalue weighted by Crippen LogP contribution is 2.41. The third-order valence-corrected chi connectivity index (χ3v) is 4.76. The molecule has 8 heteroatoms. The third kappa shape index (κ3) is 4.87. The second-order valence-corrected chi connectivity index (χ2v) is 6.59. The van der Waals surface area contributed by atoms with Crippen LogP contribution in [-0.4, -0.2) is 42.0 Å². The van der Waals surface area contributed by atoms with Crippen molar-refractivity contribution in [2.45, 2.75) is 5.92 Å². The van der Waals surface area contributed by atoms with Crippen LogP contribution in [0.2, 0.25) is 0 Å². The van der Waals surface area contributed by atoms with E-state index in [1.54, 1.807) is 37.6 Å². The number of carbonyl (C=O) groups is 3. The predicted molar refractivity (Wildman–Crippen MR) is 114 cm³/mol. The number of carbonyl (C=O) groups excluding carboxylic acids is 2. The van der Waals surface area contributed by atoms with Crippen molar-refractivity contribution in [3.8, 4) is 5.75 Å². The van der Waals surface area contributed by atoms with E-state index in [-0.39, 0.29) is 24.2 Å². The molecule has 0 radical (unpaired) electrons. The van der Waals surface area contributed by atoms with Gasteiger partial charge in [0.05, 0.1) is 12.2 Å². The lowest BCUT2D eigenvalue weighted by Crippen LogP contribution is -2.20. The number of benzene rings is 2. The van der Waals surface area contributed by atoms with Gasteiger partial charge < -0.3 is 20.5 Å². The van der Waals surface area contributed by atoms with E-state index in [1.165, 1.54) is 0 Å². The Morgan fingerprint density at radius 1 is 1.10 bits per heavy atom. The molecule has 4 rings (SSSR count). The Hall–Kier alpha value is -4.20. The van der Waals surface area contributed by atoms with E-state index in [4.69, 9.17) is 14.6 Å². The summed E-state index contributed by atoms with van der Waals surface area (Å²) in [6.07, 6.45) is 3.21. The number of pyridine rings is 1. The Morgan fingerprint density at radius 2 is 1.77 bits per heavy atom. The number of nitrogens with one attached hydrogen (secondary N) is 2. The molecule has 8 nitrogen and oxygen atoms in total. The molecule has 3 N–H and O–H groups in total. The average Bonchev–Trinajstić information content (AvgIpc) is 3.24. The van der Waals surface area contributed by atoms with Gasteiger partial charge in [0.25, 0.3) is 18.3 Å². The van der Waals surface area contributed by atoms with Gasteiger partial charge in [0.2, 0.25) is 0 Å². The molecule has 0 saturated carbocycles. The molecule has 0 saturated heterocycles. The first-order valence-electron chi connectivity index (χ1n) is 9.46. The summed E-state index contributed by atoms with van der Waals surface area (Å²) in [4.78, 5) is 37.5. The van der Waals surface area contributed by atoms with E-state index in [1.807, 2.05) is 36.4 Å². The molecule has 1 atom stereocenters. The van der Waals surface area contributed by atoms with Crippen LogP contribution < -0.4 is 15.4 Å². The fourth-order valence-corrected chi connectivity index (χ4v) is 3.36. The van der Waals surface area contributed by atoms with E-state index in [9.17, 15) is 9.59 Å². The highest BCUT2D eigenvalue weighted by molar-refractivity contribution is 6.07. The van der Waals surface area contributed by atoms with E-state index in [0.717, 1.165) is 11.1 Å². The normalized spacial score (nSPS) is 13.6. The smallest absolute Gasteiger partial charge is 0.290 e. The minimum absolute atomic E-state index is 0.0340. The first-order chi connectivity index (χ1) is 15.1. The zero-order chi connectivity index (χ0) is 22.2. The highest BCUT2D eigenvalue weighted by atomic mass is 16.5. The SMILES string of the molecule is CNC(=O)c1cc(C(=O)Nc2ccncc2)cc2c1OCC2c1ccccc1.O=CO. The summed E-state index contributed by atoms with van der Waals surface area (Å²) in [5, 5.41) is 12.3. The maximum atomic E-state index is 12.8. The van der Waals surface area contributed by atoms with E-state index in [0.29, 0.717) is 29.2 Å². The van der Waals surface area contributed by atoms with E-state index in [2.05, 4.69) is 15.6 Å². The molecule has 3 aromatic rings. The van der Waals surface area contributed by atoms with E-state index < -0.39 is 0 Å². The first kappa shape index (κ1) is 21.5. The molecular weight excluding hydrogens is 398 g/mol. The number of amides is 2. The van der Waals surface area contributed by atoms with Crippen molar-refractivity contribution in [1.82, 2.24) is 10.3 Å². The fourth-order valence-electron chi connectivity index (χ4n) is 3.36. The molecular formula is C23H21N3O5. The zero-order valence-corrected chi connectivity index (χ0v) is 16.7. The zero-order valence-electron chi connectivity index (χ0n) is 16.7. The molecule has 0 bridgehead atoms. The van der Waals surface area contributed by atoms with Crippen molar-refractivity contribution in [3.05, 3.63) is 89.2 Å². The monoisotopic (exact) mass is 419 g/mol. The number of carboxylic acid groups (broad SMARTS) is 1. The van der Waals surface area contributed by atoms with Crippen molar-refractivity contribution in [3.63, 3.8) is 0 Å². The average molecular weight is 419 g/mol. The van der Waals surface area contributed by atoms with Crippen molar-refractivity contribution in [2.24, 2.45) is 0 Å². The van der Waals surface area contributed by atoms with Gasteiger partial charge in [-0.25, -0.2) is 0 Å². The molecule has 1 aliphatic heterocycles. The van der Waals surface area contributed by atoms with Crippen LogP contribution in [0.5, 0.6) is 5.75 Å². The Labute approximate surface area is 178 Å². The Balaban J connectivity index is 0.000000858. The number of nitrogens with zero attached hydrogens (tertiary/aromatic N) is 1. The molecule has 2 aromatic carbocycles. The highest BCUT2D eigenvalue weighted by Gasteiger charge is 2.31. The van der Waals surface area contributed by atoms with Crippen LogP contribution in [0.1, 0.15) is 37.8 Å². The lowest BCUT2D eigenvalue weighted by atomic mass is 9.90. The van der Waals surface area contributed by atoms with Crippen molar-refractivity contribution >= 4 is 24.0 Å². The van der Waals surface area contributed by atoms with Gasteiger partial charge in [-0.3, -0.25) is 19.4 Å². The minimum Gasteiger partial charge on any atom is -0.491 e. The van der Waals surface area contributed by atoms with Crippen LogP contribution in [0, 0.1) is 0 Å². The second kappa shape index (κ2) is 10.0. The summed E-state index contributed by atoms with van der Waals surface area (Å²) in [6, 6.07) is 16.7. The Morgan fingerprint density at radius 3 is 2.42 bits per heavy atom. The summed E-state index contributed by atoms with van der Waals surface area (Å²) in [7, 11) is 1.56. The van der Waals surface area contributed by atoms with Gasteiger partial charge in [0.1, 0.15) is 5.75 Å². The molecule has 2 heterocycles. The van der Waals surface area contributed by atoms with Crippen LogP contribution in [0.4, 0.5) is 5.69 Å². The van der Waals surface area contributed by atoms with Crippen molar-refractivity contribution < 1.29 is 24.2 Å². The largest absolute Gasteiger partial charge is 0.491 e. The van der Waals surface area contributed by atoms with Crippen LogP contribution in [0.3, 0.4) is 0 Å². The number of aromatic nitrogens is 1. The van der Waals surface area contributed by atoms with Gasteiger partial charge in [-0.2, -0.15) is 0 Å². The molecule has 1 aliphatic rings. The summed E-state index contributed by atoms with van der Waals surface area (Å²) in [5.41, 5.74) is 3.32. The van der Waals surface area contributed by atoms with Crippen LogP contribution >= 0.6 is 0 Å². The number of anilines is 1. The number of fused-ring (bicyclic) bond motifs is 1.